The normalized spacial score (nSPS) is 23.0. The van der Waals surface area contributed by atoms with Crippen molar-refractivity contribution in [3.8, 4) is 5.75 Å². The summed E-state index contributed by atoms with van der Waals surface area (Å²) in [4.78, 5) is 12.1. The third-order valence-electron chi connectivity index (χ3n) is 5.66. The van der Waals surface area contributed by atoms with E-state index in [1.54, 1.807) is 6.92 Å². The van der Waals surface area contributed by atoms with Crippen LogP contribution in [0.25, 0.3) is 0 Å². The molecule has 170 valence electrons. The van der Waals surface area contributed by atoms with Gasteiger partial charge < -0.3 is 15.2 Å². The fraction of sp³-hybridized carbons (Fsp3) is 0.364. The number of amides is 1. The summed E-state index contributed by atoms with van der Waals surface area (Å²) in [6.07, 6.45) is -0.464. The van der Waals surface area contributed by atoms with Crippen molar-refractivity contribution in [2.24, 2.45) is 16.8 Å². The smallest absolute Gasteiger partial charge is 0.273 e. The van der Waals surface area contributed by atoms with E-state index in [9.17, 15) is 18.0 Å². The van der Waals surface area contributed by atoms with Crippen molar-refractivity contribution in [2.75, 3.05) is 20.3 Å². The Morgan fingerprint density at radius 3 is 2.75 bits per heavy atom. The quantitative estimate of drug-likeness (QED) is 0.731. The number of benzene rings is 2. The third kappa shape index (κ3) is 3.66. The molecule has 0 aliphatic carbocycles. The summed E-state index contributed by atoms with van der Waals surface area (Å²) in [5, 5.41) is 5.72. The van der Waals surface area contributed by atoms with Gasteiger partial charge in [-0.25, -0.2) is 18.2 Å². The van der Waals surface area contributed by atoms with Crippen molar-refractivity contribution >= 4 is 22.7 Å². The Morgan fingerprint density at radius 2 is 2.03 bits per heavy atom. The molecule has 0 radical (unpaired) electrons. The number of nitrogens with zero attached hydrogens (tertiary/aromatic N) is 2. The molecule has 0 unspecified atom stereocenters. The largest absolute Gasteiger partial charge is 0.493 e. The molecule has 2 heterocycles. The lowest BCUT2D eigenvalue weighted by Crippen LogP contribution is -2.53. The Labute approximate surface area is 187 Å². The van der Waals surface area contributed by atoms with E-state index in [0.29, 0.717) is 17.7 Å². The van der Waals surface area contributed by atoms with Gasteiger partial charge in [-0.05, 0) is 56.3 Å². The first-order valence-corrected chi connectivity index (χ1v) is 10.9. The molecule has 2 aliphatic heterocycles. The maximum Gasteiger partial charge on any atom is 0.273 e. The number of ether oxygens (including phenoxy) is 2. The zero-order valence-electron chi connectivity index (χ0n) is 17.5. The first-order chi connectivity index (χ1) is 15.3. The number of rotatable bonds is 5. The van der Waals surface area contributed by atoms with Crippen LogP contribution in [0.1, 0.15) is 24.5 Å². The van der Waals surface area contributed by atoms with Crippen LogP contribution in [0.2, 0.25) is 0 Å². The monoisotopic (exact) mass is 465 g/mol. The lowest BCUT2D eigenvalue weighted by molar-refractivity contribution is -0.147. The first kappa shape index (κ1) is 22.6. The van der Waals surface area contributed by atoms with Crippen LogP contribution in [0.4, 0.5) is 13.2 Å². The van der Waals surface area contributed by atoms with Crippen LogP contribution in [0.5, 0.6) is 5.75 Å². The molecule has 0 saturated heterocycles. The number of thioether (sulfide) groups is 1. The predicted molar refractivity (Wildman–Crippen MR) is 115 cm³/mol. The van der Waals surface area contributed by atoms with Gasteiger partial charge in [0, 0.05) is 24.2 Å². The highest BCUT2D eigenvalue weighted by Gasteiger charge is 2.57. The Kier molecular flexibility index (Phi) is 6.19. The van der Waals surface area contributed by atoms with Crippen LogP contribution < -0.4 is 10.5 Å². The SMILES string of the molecule is CO[C@H](C)C(=O)N1N=C(c2cc(F)ccc2F)S[C@@]12c1cc(F)ccc1OC[C@H]2CCN. The summed E-state index contributed by atoms with van der Waals surface area (Å²) in [6.45, 7) is 2.01. The van der Waals surface area contributed by atoms with E-state index in [2.05, 4.69) is 5.10 Å². The number of hydrazone groups is 1. The highest BCUT2D eigenvalue weighted by Crippen LogP contribution is 2.57. The second-order valence-electron chi connectivity index (χ2n) is 7.58. The number of carbonyl (C=O) groups excluding carboxylic acids is 1. The number of fused-ring (bicyclic) bond motifs is 2. The van der Waals surface area contributed by atoms with E-state index < -0.39 is 40.3 Å². The molecule has 0 saturated carbocycles. The molecule has 3 atom stereocenters. The Hall–Kier alpha value is -2.56. The number of hydrogen-bond acceptors (Lipinski definition) is 6. The molecule has 4 rings (SSSR count). The summed E-state index contributed by atoms with van der Waals surface area (Å²) in [7, 11) is 1.38. The highest BCUT2D eigenvalue weighted by atomic mass is 32.2. The van der Waals surface area contributed by atoms with E-state index in [1.807, 2.05) is 0 Å². The van der Waals surface area contributed by atoms with E-state index >= 15 is 0 Å². The molecule has 6 nitrogen and oxygen atoms in total. The number of halogens is 3. The van der Waals surface area contributed by atoms with Gasteiger partial charge in [0.2, 0.25) is 0 Å². The van der Waals surface area contributed by atoms with Crippen LogP contribution in [-0.4, -0.2) is 42.3 Å². The summed E-state index contributed by atoms with van der Waals surface area (Å²) in [5.41, 5.74) is 6.13. The summed E-state index contributed by atoms with van der Waals surface area (Å²) in [5.74, 6) is -2.40. The molecular weight excluding hydrogens is 443 g/mol. The number of carbonyl (C=O) groups is 1. The van der Waals surface area contributed by atoms with Gasteiger partial charge in [-0.3, -0.25) is 4.79 Å². The van der Waals surface area contributed by atoms with Crippen LogP contribution >= 0.6 is 11.8 Å². The van der Waals surface area contributed by atoms with E-state index in [1.165, 1.54) is 30.3 Å². The van der Waals surface area contributed by atoms with Crippen molar-refractivity contribution in [3.63, 3.8) is 0 Å². The average molecular weight is 465 g/mol. The molecule has 10 heteroatoms. The van der Waals surface area contributed by atoms with Crippen molar-refractivity contribution in [3.05, 3.63) is 65.0 Å². The molecule has 0 bridgehead atoms. The zero-order valence-corrected chi connectivity index (χ0v) is 18.3. The Bertz CT molecular complexity index is 1080. The van der Waals surface area contributed by atoms with E-state index in [0.717, 1.165) is 30.0 Å². The Balaban J connectivity index is 1.94. The topological polar surface area (TPSA) is 77.1 Å². The van der Waals surface area contributed by atoms with Gasteiger partial charge in [-0.15, -0.1) is 0 Å². The number of hydrogen-bond donors (Lipinski definition) is 1. The molecule has 2 aromatic rings. The fourth-order valence-corrected chi connectivity index (χ4v) is 5.49. The maximum absolute atomic E-state index is 14.6. The Morgan fingerprint density at radius 1 is 1.31 bits per heavy atom. The highest BCUT2D eigenvalue weighted by molar-refractivity contribution is 8.15. The minimum Gasteiger partial charge on any atom is -0.493 e. The molecule has 2 aliphatic rings. The molecular formula is C22H22F3N3O3S. The lowest BCUT2D eigenvalue weighted by Gasteiger charge is -2.45. The fourth-order valence-electron chi connectivity index (χ4n) is 3.97. The second-order valence-corrected chi connectivity index (χ2v) is 8.79. The van der Waals surface area contributed by atoms with Gasteiger partial charge in [0.25, 0.3) is 5.91 Å². The van der Waals surface area contributed by atoms with E-state index in [4.69, 9.17) is 15.2 Å². The minimum absolute atomic E-state index is 0.0920. The molecule has 1 spiro atoms. The van der Waals surface area contributed by atoms with Crippen LogP contribution in [0, 0.1) is 23.4 Å². The summed E-state index contributed by atoms with van der Waals surface area (Å²) in [6, 6.07) is 7.04. The van der Waals surface area contributed by atoms with Crippen molar-refractivity contribution in [1.82, 2.24) is 5.01 Å². The predicted octanol–water partition coefficient (Wildman–Crippen LogP) is 3.59. The molecule has 32 heavy (non-hydrogen) atoms. The van der Waals surface area contributed by atoms with Gasteiger partial charge >= 0.3 is 0 Å². The maximum atomic E-state index is 14.6. The second kappa shape index (κ2) is 8.76. The minimum atomic E-state index is -1.27. The van der Waals surface area contributed by atoms with Gasteiger partial charge in [0.05, 0.1) is 6.61 Å². The van der Waals surface area contributed by atoms with Crippen molar-refractivity contribution in [2.45, 2.75) is 24.3 Å². The third-order valence-corrected chi connectivity index (χ3v) is 7.19. The van der Waals surface area contributed by atoms with Gasteiger partial charge in [-0.1, -0.05) is 11.8 Å². The van der Waals surface area contributed by atoms with E-state index in [-0.39, 0.29) is 23.8 Å². The van der Waals surface area contributed by atoms with Crippen LogP contribution in [0.15, 0.2) is 41.5 Å². The lowest BCUT2D eigenvalue weighted by atomic mass is 9.86. The molecule has 0 fully saturated rings. The van der Waals surface area contributed by atoms with Gasteiger partial charge in [-0.2, -0.15) is 5.10 Å². The number of methoxy groups -OCH3 is 1. The molecule has 2 aromatic carbocycles. The van der Waals surface area contributed by atoms with Crippen LogP contribution in [0.3, 0.4) is 0 Å². The van der Waals surface area contributed by atoms with Gasteiger partial charge in [0.15, 0.2) is 4.87 Å². The molecule has 2 N–H and O–H groups in total. The van der Waals surface area contributed by atoms with Gasteiger partial charge in [0.1, 0.15) is 34.3 Å². The van der Waals surface area contributed by atoms with Crippen LogP contribution in [-0.2, 0) is 14.4 Å². The average Bonchev–Trinajstić information content (AvgIpc) is 3.17. The first-order valence-electron chi connectivity index (χ1n) is 10.0. The van der Waals surface area contributed by atoms with Crippen molar-refractivity contribution < 1.29 is 27.4 Å². The molecule has 1 amide bonds. The van der Waals surface area contributed by atoms with Crippen molar-refractivity contribution in [1.29, 1.82) is 0 Å². The standard InChI is InChI=1S/C22H22F3N3O3S/c1-12(30-2)21(29)28-22(32-20(27-28)16-9-14(23)3-5-18(16)25)13(7-8-26)11-31-19-6-4-15(24)10-17(19)22/h3-6,9-10,12-13H,7-8,11,26H2,1-2H3/t12-,13-,22+/m1/s1. The summed E-state index contributed by atoms with van der Waals surface area (Å²) < 4.78 is 54.0. The summed E-state index contributed by atoms with van der Waals surface area (Å²) >= 11 is 1.06. The zero-order chi connectivity index (χ0) is 23.0. The number of nitrogens with two attached hydrogens (primary N) is 1. The molecule has 0 aromatic heterocycles.